The van der Waals surface area contributed by atoms with Crippen LogP contribution in [-0.2, 0) is 4.79 Å². The maximum atomic E-state index is 11.8. The molecule has 0 N–H and O–H groups in total. The maximum absolute atomic E-state index is 11.8. The molecule has 1 aliphatic carbocycles. The van der Waals surface area contributed by atoms with Gasteiger partial charge in [0.25, 0.3) is 0 Å². The molecule has 0 radical (unpaired) electrons. The minimum absolute atomic E-state index is 0.167. The number of alkyl halides is 1. The van der Waals surface area contributed by atoms with Gasteiger partial charge < -0.3 is 0 Å². The van der Waals surface area contributed by atoms with Gasteiger partial charge >= 0.3 is 5.00 Å². The first-order valence-electron chi connectivity index (χ1n) is 6.44. The lowest BCUT2D eigenvalue weighted by molar-refractivity contribution is -0.526. The Morgan fingerprint density at radius 3 is 2.00 bits per heavy atom. The molecule has 0 aromatic rings. The molecule has 1 aliphatic rings. The minimum Gasteiger partial charge on any atom is -0.290 e. The first kappa shape index (κ1) is 14.4. The Labute approximate surface area is 107 Å². The molecule has 1 unspecified atom stereocenters. The Balaban J connectivity index is 2.64. The number of Topliss-reactive ketones (excluding diaryl/α,β-unsaturated/α-hetero) is 1. The number of halogens is 1. The molecular weight excluding hydrogens is 242 g/mol. The second kappa shape index (κ2) is 6.94. The summed E-state index contributed by atoms with van der Waals surface area (Å²) in [6.07, 6.45) is 8.27. The second-order valence-corrected chi connectivity index (χ2v) is 5.39. The second-order valence-electron chi connectivity index (χ2n) is 4.77. The van der Waals surface area contributed by atoms with Crippen molar-refractivity contribution in [3.8, 4) is 0 Å². The first-order chi connectivity index (χ1) is 8.07. The van der Waals surface area contributed by atoms with Gasteiger partial charge in [-0.05, 0) is 24.4 Å². The van der Waals surface area contributed by atoms with Crippen LogP contribution >= 0.6 is 11.6 Å². The van der Waals surface area contributed by atoms with E-state index in [-0.39, 0.29) is 12.8 Å². The number of carbonyl (C=O) groups is 1. The van der Waals surface area contributed by atoms with Crippen LogP contribution in [0.15, 0.2) is 0 Å². The van der Waals surface area contributed by atoms with Gasteiger partial charge in [-0.25, -0.2) is 0 Å². The molecule has 0 spiro atoms. The summed E-state index contributed by atoms with van der Waals surface area (Å²) in [4.78, 5) is 20.3. The topological polar surface area (TPSA) is 60.2 Å². The van der Waals surface area contributed by atoms with Crippen LogP contribution in [0.2, 0.25) is 0 Å². The Morgan fingerprint density at radius 2 is 1.47 bits per heavy atom. The van der Waals surface area contributed by atoms with Gasteiger partial charge in [0.15, 0.2) is 0 Å². The first-order valence-corrected chi connectivity index (χ1v) is 6.82. The van der Waals surface area contributed by atoms with Crippen LogP contribution in [0.3, 0.4) is 0 Å². The van der Waals surface area contributed by atoms with Crippen molar-refractivity contribution in [1.82, 2.24) is 0 Å². The van der Waals surface area contributed by atoms with E-state index in [1.165, 1.54) is 12.8 Å². The van der Waals surface area contributed by atoms with E-state index in [4.69, 9.17) is 11.6 Å². The van der Waals surface area contributed by atoms with Gasteiger partial charge in [-0.1, -0.05) is 38.5 Å². The molecule has 17 heavy (non-hydrogen) atoms. The van der Waals surface area contributed by atoms with E-state index >= 15 is 0 Å². The van der Waals surface area contributed by atoms with Crippen molar-refractivity contribution in [3.05, 3.63) is 10.1 Å². The molecule has 0 heterocycles. The van der Waals surface area contributed by atoms with Crippen molar-refractivity contribution in [1.29, 1.82) is 0 Å². The minimum atomic E-state index is -1.86. The highest BCUT2D eigenvalue weighted by Gasteiger charge is 2.47. The molecule has 0 amide bonds. The van der Waals surface area contributed by atoms with Crippen LogP contribution in [0.4, 0.5) is 0 Å². The molecule has 0 aliphatic heterocycles. The summed E-state index contributed by atoms with van der Waals surface area (Å²) in [7, 11) is 0. The molecule has 0 aromatic carbocycles. The number of nitro groups is 1. The average molecular weight is 262 g/mol. The van der Waals surface area contributed by atoms with E-state index in [1.807, 2.05) is 0 Å². The average Bonchev–Trinajstić information content (AvgIpc) is 2.28. The third kappa shape index (κ3) is 4.26. The predicted molar refractivity (Wildman–Crippen MR) is 66.8 cm³/mol. The molecule has 1 atom stereocenters. The van der Waals surface area contributed by atoms with E-state index in [1.54, 1.807) is 0 Å². The normalized spacial score (nSPS) is 29.1. The van der Waals surface area contributed by atoms with E-state index in [2.05, 4.69) is 0 Å². The molecule has 0 saturated heterocycles. The molecule has 98 valence electrons. The molecule has 5 heteroatoms. The lowest BCUT2D eigenvalue weighted by Gasteiger charge is -2.17. The molecule has 1 rings (SSSR count). The number of hydrogen-bond donors (Lipinski definition) is 0. The lowest BCUT2D eigenvalue weighted by Crippen LogP contribution is -2.40. The number of rotatable bonds is 1. The highest BCUT2D eigenvalue weighted by molar-refractivity contribution is 6.33. The third-order valence-electron chi connectivity index (χ3n) is 3.38. The summed E-state index contributed by atoms with van der Waals surface area (Å²) < 4.78 is 0. The molecule has 1 saturated carbocycles. The summed E-state index contributed by atoms with van der Waals surface area (Å²) in [6.45, 7) is 0. The zero-order chi connectivity index (χ0) is 12.7. The third-order valence-corrected chi connectivity index (χ3v) is 3.92. The lowest BCUT2D eigenvalue weighted by atomic mass is 9.97. The fourth-order valence-corrected chi connectivity index (χ4v) is 2.46. The highest BCUT2D eigenvalue weighted by Crippen LogP contribution is 2.28. The van der Waals surface area contributed by atoms with Gasteiger partial charge in [-0.3, -0.25) is 14.9 Å². The molecule has 4 nitrogen and oxygen atoms in total. The van der Waals surface area contributed by atoms with Crippen LogP contribution in [-0.4, -0.2) is 15.7 Å². The molecule has 0 aromatic heterocycles. The summed E-state index contributed by atoms with van der Waals surface area (Å²) in [5.41, 5.74) is 0. The van der Waals surface area contributed by atoms with Crippen molar-refractivity contribution in [2.75, 3.05) is 0 Å². The van der Waals surface area contributed by atoms with Crippen molar-refractivity contribution in [2.24, 2.45) is 0 Å². The Hall–Kier alpha value is -0.640. The Kier molecular flexibility index (Phi) is 5.89. The van der Waals surface area contributed by atoms with Crippen molar-refractivity contribution in [2.45, 2.75) is 69.2 Å². The van der Waals surface area contributed by atoms with E-state index in [9.17, 15) is 14.9 Å². The van der Waals surface area contributed by atoms with Gasteiger partial charge in [0.1, 0.15) is 0 Å². The van der Waals surface area contributed by atoms with Crippen LogP contribution in [0.25, 0.3) is 0 Å². The van der Waals surface area contributed by atoms with Gasteiger partial charge in [0, 0.05) is 12.8 Å². The molecule has 1 fully saturated rings. The largest absolute Gasteiger partial charge is 0.352 e. The SMILES string of the molecule is O=C1CCCCCCCCCCC1(Cl)[N+](=O)[O-]. The van der Waals surface area contributed by atoms with Crippen molar-refractivity contribution < 1.29 is 9.72 Å². The zero-order valence-corrected chi connectivity index (χ0v) is 10.9. The van der Waals surface area contributed by atoms with Crippen LogP contribution in [0, 0.1) is 10.1 Å². The zero-order valence-electron chi connectivity index (χ0n) is 10.1. The number of carbonyl (C=O) groups excluding carboxylic acids is 1. The maximum Gasteiger partial charge on any atom is 0.352 e. The van der Waals surface area contributed by atoms with Gasteiger partial charge in [0.05, 0.1) is 4.92 Å². The van der Waals surface area contributed by atoms with Crippen molar-refractivity contribution >= 4 is 17.4 Å². The van der Waals surface area contributed by atoms with Crippen LogP contribution in [0.1, 0.15) is 64.2 Å². The van der Waals surface area contributed by atoms with Crippen molar-refractivity contribution in [3.63, 3.8) is 0 Å². The fraction of sp³-hybridized carbons (Fsp3) is 0.917. The Bertz CT molecular complexity index is 283. The highest BCUT2D eigenvalue weighted by atomic mass is 35.5. The molecule has 0 bridgehead atoms. The van der Waals surface area contributed by atoms with Crippen LogP contribution in [0.5, 0.6) is 0 Å². The fourth-order valence-electron chi connectivity index (χ4n) is 2.23. The Morgan fingerprint density at radius 1 is 1.00 bits per heavy atom. The number of hydrogen-bond acceptors (Lipinski definition) is 3. The van der Waals surface area contributed by atoms with Gasteiger partial charge in [-0.2, -0.15) is 0 Å². The smallest absolute Gasteiger partial charge is 0.290 e. The van der Waals surface area contributed by atoms with Gasteiger partial charge in [0.2, 0.25) is 5.78 Å². The van der Waals surface area contributed by atoms with E-state index in [0.717, 1.165) is 32.1 Å². The molecular formula is C12H20ClNO3. The van der Waals surface area contributed by atoms with E-state index < -0.39 is 15.7 Å². The van der Waals surface area contributed by atoms with Crippen LogP contribution < -0.4 is 0 Å². The quantitative estimate of drug-likeness (QED) is 0.313. The number of nitrogens with zero attached hydrogens (tertiary/aromatic N) is 1. The summed E-state index contributed by atoms with van der Waals surface area (Å²) in [5, 5.41) is 11.0. The monoisotopic (exact) mass is 261 g/mol. The number of ketones is 1. The summed E-state index contributed by atoms with van der Waals surface area (Å²) in [5.74, 6) is -0.412. The van der Waals surface area contributed by atoms with E-state index in [0.29, 0.717) is 6.42 Å². The summed E-state index contributed by atoms with van der Waals surface area (Å²) >= 11 is 5.91. The van der Waals surface area contributed by atoms with Gasteiger partial charge in [-0.15, -0.1) is 0 Å². The predicted octanol–water partition coefficient (Wildman–Crippen LogP) is 3.68. The summed E-state index contributed by atoms with van der Waals surface area (Å²) in [6, 6.07) is 0. The standard InChI is InChI=1S/C12H20ClNO3/c13-12(14(16)17)10-8-6-4-2-1-3-5-7-9-11(12)15/h1-10H2.